The summed E-state index contributed by atoms with van der Waals surface area (Å²) in [5.41, 5.74) is 1.71. The fourth-order valence-electron chi connectivity index (χ4n) is 2.63. The van der Waals surface area contributed by atoms with Crippen molar-refractivity contribution >= 4 is 50.3 Å². The van der Waals surface area contributed by atoms with E-state index in [1.54, 1.807) is 12.1 Å². The Bertz CT molecular complexity index is 625. The van der Waals surface area contributed by atoms with Crippen molar-refractivity contribution in [1.82, 2.24) is 9.55 Å². The minimum absolute atomic E-state index is 0.239. The van der Waals surface area contributed by atoms with Crippen LogP contribution in [0.4, 0.5) is 4.39 Å². The predicted octanol–water partition coefficient (Wildman–Crippen LogP) is 4.47. The molecular weight excluding hydrogens is 363 g/mol. The van der Waals surface area contributed by atoms with E-state index >= 15 is 0 Å². The van der Waals surface area contributed by atoms with Crippen molar-refractivity contribution in [2.75, 3.05) is 17.4 Å². The summed E-state index contributed by atoms with van der Waals surface area (Å²) in [6.45, 7) is 0.913. The lowest BCUT2D eigenvalue weighted by atomic mass is 10.1. The SMILES string of the molecule is Fc1cc2c(cc1Br)nc(CCCl)n2CC1CCSC1. The van der Waals surface area contributed by atoms with Gasteiger partial charge in [-0.1, -0.05) is 0 Å². The number of hydrogen-bond acceptors (Lipinski definition) is 2. The Morgan fingerprint density at radius 2 is 2.35 bits per heavy atom. The lowest BCUT2D eigenvalue weighted by Gasteiger charge is -2.13. The highest BCUT2D eigenvalue weighted by molar-refractivity contribution is 9.10. The number of thioether (sulfide) groups is 1. The third-order valence-corrected chi connectivity index (χ3v) is 5.68. The van der Waals surface area contributed by atoms with E-state index in [0.717, 1.165) is 29.8 Å². The van der Waals surface area contributed by atoms with E-state index in [1.807, 2.05) is 11.8 Å². The van der Waals surface area contributed by atoms with Gasteiger partial charge in [0.1, 0.15) is 11.6 Å². The Morgan fingerprint density at radius 1 is 1.50 bits per heavy atom. The number of alkyl halides is 1. The average molecular weight is 378 g/mol. The Labute approximate surface area is 135 Å². The van der Waals surface area contributed by atoms with Gasteiger partial charge >= 0.3 is 0 Å². The van der Waals surface area contributed by atoms with Gasteiger partial charge in [-0.05, 0) is 45.8 Å². The summed E-state index contributed by atoms with van der Waals surface area (Å²) in [6, 6.07) is 3.33. The molecule has 1 aliphatic heterocycles. The van der Waals surface area contributed by atoms with Crippen molar-refractivity contribution < 1.29 is 4.39 Å². The molecule has 0 radical (unpaired) electrons. The number of halogens is 3. The Balaban J connectivity index is 2.04. The smallest absolute Gasteiger partial charge is 0.139 e. The molecular formula is C14H15BrClFN2S. The van der Waals surface area contributed by atoms with Gasteiger partial charge in [0.05, 0.1) is 15.5 Å². The van der Waals surface area contributed by atoms with Crippen LogP contribution in [0.3, 0.4) is 0 Å². The second kappa shape index (κ2) is 6.24. The predicted molar refractivity (Wildman–Crippen MR) is 87.2 cm³/mol. The second-order valence-corrected chi connectivity index (χ2v) is 7.44. The summed E-state index contributed by atoms with van der Waals surface area (Å²) in [5, 5.41) is 0. The molecule has 0 N–H and O–H groups in total. The standard InChI is InChI=1S/C14H15BrClFN2S/c15-10-5-12-13(6-11(10)17)19(14(18-12)1-3-16)7-9-2-4-20-8-9/h5-6,9H,1-4,7-8H2. The third kappa shape index (κ3) is 2.85. The first-order valence-corrected chi connectivity index (χ1v) is 9.15. The Hall–Kier alpha value is -0.260. The molecule has 1 saturated heterocycles. The van der Waals surface area contributed by atoms with Gasteiger partial charge in [0.15, 0.2) is 0 Å². The van der Waals surface area contributed by atoms with Crippen molar-refractivity contribution in [2.45, 2.75) is 19.4 Å². The molecule has 0 spiro atoms. The zero-order chi connectivity index (χ0) is 14.1. The lowest BCUT2D eigenvalue weighted by Crippen LogP contribution is -2.13. The Morgan fingerprint density at radius 3 is 3.05 bits per heavy atom. The molecule has 3 rings (SSSR count). The van der Waals surface area contributed by atoms with Gasteiger partial charge in [-0.15, -0.1) is 11.6 Å². The average Bonchev–Trinajstić information content (AvgIpc) is 3.02. The van der Waals surface area contributed by atoms with Crippen LogP contribution in [0.2, 0.25) is 0 Å². The number of rotatable bonds is 4. The molecule has 2 aromatic rings. The molecule has 1 fully saturated rings. The normalized spacial score (nSPS) is 19.1. The van der Waals surface area contributed by atoms with Crippen molar-refractivity contribution in [3.8, 4) is 0 Å². The van der Waals surface area contributed by atoms with Gasteiger partial charge in [-0.25, -0.2) is 9.37 Å². The van der Waals surface area contributed by atoms with Crippen LogP contribution in [0.1, 0.15) is 12.2 Å². The molecule has 1 aromatic carbocycles. The van der Waals surface area contributed by atoms with Gasteiger partial charge < -0.3 is 4.57 Å². The van der Waals surface area contributed by atoms with E-state index in [4.69, 9.17) is 11.6 Å². The number of fused-ring (bicyclic) bond motifs is 1. The number of aryl methyl sites for hydroxylation is 1. The maximum Gasteiger partial charge on any atom is 0.139 e. The Kier molecular flexibility index (Phi) is 4.58. The summed E-state index contributed by atoms with van der Waals surface area (Å²) in [4.78, 5) is 4.62. The van der Waals surface area contributed by atoms with E-state index in [-0.39, 0.29) is 5.82 Å². The highest BCUT2D eigenvalue weighted by atomic mass is 79.9. The number of benzene rings is 1. The molecule has 20 heavy (non-hydrogen) atoms. The van der Waals surface area contributed by atoms with E-state index in [9.17, 15) is 4.39 Å². The molecule has 2 nitrogen and oxygen atoms in total. The summed E-state index contributed by atoms with van der Waals surface area (Å²) in [5.74, 6) is 4.31. The molecule has 1 unspecified atom stereocenters. The molecule has 6 heteroatoms. The first-order chi connectivity index (χ1) is 9.69. The summed E-state index contributed by atoms with van der Waals surface area (Å²) in [6.07, 6.45) is 1.94. The molecule has 108 valence electrons. The summed E-state index contributed by atoms with van der Waals surface area (Å²) in [7, 11) is 0. The van der Waals surface area contributed by atoms with E-state index in [0.29, 0.717) is 16.3 Å². The molecule has 1 aliphatic rings. The van der Waals surface area contributed by atoms with Crippen molar-refractivity contribution in [2.24, 2.45) is 5.92 Å². The topological polar surface area (TPSA) is 17.8 Å². The van der Waals surface area contributed by atoms with Crippen LogP contribution >= 0.6 is 39.3 Å². The largest absolute Gasteiger partial charge is 0.328 e. The fraction of sp³-hybridized carbons (Fsp3) is 0.500. The van der Waals surface area contributed by atoms with Crippen LogP contribution in [0.15, 0.2) is 16.6 Å². The van der Waals surface area contributed by atoms with Crippen LogP contribution in [0.5, 0.6) is 0 Å². The van der Waals surface area contributed by atoms with Crippen LogP contribution in [-0.2, 0) is 13.0 Å². The van der Waals surface area contributed by atoms with Crippen LogP contribution in [0, 0.1) is 11.7 Å². The maximum absolute atomic E-state index is 13.8. The second-order valence-electron chi connectivity index (χ2n) is 5.06. The minimum Gasteiger partial charge on any atom is -0.328 e. The van der Waals surface area contributed by atoms with Gasteiger partial charge in [-0.2, -0.15) is 11.8 Å². The zero-order valence-electron chi connectivity index (χ0n) is 10.9. The first kappa shape index (κ1) is 14.7. The highest BCUT2D eigenvalue weighted by Crippen LogP contribution is 2.29. The minimum atomic E-state index is -0.239. The number of nitrogens with zero attached hydrogens (tertiary/aromatic N) is 2. The molecule has 0 saturated carbocycles. The fourth-order valence-corrected chi connectivity index (χ4v) is 4.41. The summed E-state index contributed by atoms with van der Waals surface area (Å²) < 4.78 is 16.4. The molecule has 1 atom stereocenters. The van der Waals surface area contributed by atoms with E-state index in [2.05, 4.69) is 25.5 Å². The van der Waals surface area contributed by atoms with Gasteiger partial charge in [0.25, 0.3) is 0 Å². The summed E-state index contributed by atoms with van der Waals surface area (Å²) >= 11 is 11.1. The van der Waals surface area contributed by atoms with Crippen LogP contribution < -0.4 is 0 Å². The van der Waals surface area contributed by atoms with Gasteiger partial charge in [-0.3, -0.25) is 0 Å². The lowest BCUT2D eigenvalue weighted by molar-refractivity contribution is 0.489. The van der Waals surface area contributed by atoms with E-state index in [1.165, 1.54) is 17.9 Å². The molecule has 1 aromatic heterocycles. The third-order valence-electron chi connectivity index (χ3n) is 3.65. The molecule has 0 aliphatic carbocycles. The molecule has 0 amide bonds. The van der Waals surface area contributed by atoms with Gasteiger partial charge in [0, 0.05) is 24.9 Å². The molecule has 0 bridgehead atoms. The van der Waals surface area contributed by atoms with Crippen molar-refractivity contribution in [3.05, 3.63) is 28.2 Å². The van der Waals surface area contributed by atoms with Crippen LogP contribution in [-0.4, -0.2) is 26.9 Å². The number of aromatic nitrogens is 2. The maximum atomic E-state index is 13.8. The number of hydrogen-bond donors (Lipinski definition) is 0. The van der Waals surface area contributed by atoms with Gasteiger partial charge in [0.2, 0.25) is 0 Å². The zero-order valence-corrected chi connectivity index (χ0v) is 14.1. The first-order valence-electron chi connectivity index (χ1n) is 6.67. The molecule has 2 heterocycles. The van der Waals surface area contributed by atoms with Crippen molar-refractivity contribution in [1.29, 1.82) is 0 Å². The monoisotopic (exact) mass is 376 g/mol. The number of imidazole rings is 1. The van der Waals surface area contributed by atoms with Crippen LogP contribution in [0.25, 0.3) is 11.0 Å². The van der Waals surface area contributed by atoms with E-state index < -0.39 is 0 Å². The highest BCUT2D eigenvalue weighted by Gasteiger charge is 2.20. The van der Waals surface area contributed by atoms with Crippen molar-refractivity contribution in [3.63, 3.8) is 0 Å². The quantitative estimate of drug-likeness (QED) is 0.732.